The fourth-order valence-corrected chi connectivity index (χ4v) is 2.98. The summed E-state index contributed by atoms with van der Waals surface area (Å²) in [6.07, 6.45) is -0.112. The molecule has 6 heteroatoms. The first kappa shape index (κ1) is 23.1. The minimum absolute atomic E-state index is 0.112. The molecule has 0 aliphatic rings. The molecule has 2 N–H and O–H groups in total. The predicted octanol–water partition coefficient (Wildman–Crippen LogP) is 5.94. The lowest BCUT2D eigenvalue weighted by molar-refractivity contribution is -0.115. The zero-order valence-corrected chi connectivity index (χ0v) is 18.0. The largest absolute Gasteiger partial charge is 0.377 e. The van der Waals surface area contributed by atoms with Gasteiger partial charge in [-0.3, -0.25) is 4.79 Å². The Morgan fingerprint density at radius 2 is 1.70 bits per heavy atom. The number of amides is 1. The van der Waals surface area contributed by atoms with Crippen molar-refractivity contribution in [3.8, 4) is 0 Å². The van der Waals surface area contributed by atoms with Crippen LogP contribution < -0.4 is 10.2 Å². The highest BCUT2D eigenvalue weighted by Gasteiger charge is 2.14. The van der Waals surface area contributed by atoms with Gasteiger partial charge < -0.3 is 15.6 Å². The third kappa shape index (κ3) is 7.01. The third-order valence-corrected chi connectivity index (χ3v) is 4.41. The molecular weight excluding hydrogens is 401 g/mol. The average Bonchev–Trinajstić information content (AvgIpc) is 2.70. The van der Waals surface area contributed by atoms with Crippen molar-refractivity contribution in [3.05, 3.63) is 94.8 Å². The maximum Gasteiger partial charge on any atom is 0.230 e. The van der Waals surface area contributed by atoms with E-state index in [0.717, 1.165) is 10.7 Å². The highest BCUT2D eigenvalue weighted by molar-refractivity contribution is 6.30. The predicted molar refractivity (Wildman–Crippen MR) is 123 cm³/mol. The summed E-state index contributed by atoms with van der Waals surface area (Å²) in [6, 6.07) is 21.1. The van der Waals surface area contributed by atoms with Crippen LogP contribution in [0.25, 0.3) is 0 Å². The maximum absolute atomic E-state index is 13.5. The summed E-state index contributed by atoms with van der Waals surface area (Å²) in [5, 5.41) is 11.4. The van der Waals surface area contributed by atoms with Crippen molar-refractivity contribution in [2.45, 2.75) is 13.3 Å². The van der Waals surface area contributed by atoms with Crippen molar-refractivity contribution in [2.75, 3.05) is 24.3 Å². The van der Waals surface area contributed by atoms with Gasteiger partial charge in [0.1, 0.15) is 5.82 Å². The van der Waals surface area contributed by atoms with Crippen LogP contribution in [0.3, 0.4) is 0 Å². The van der Waals surface area contributed by atoms with Gasteiger partial charge in [-0.2, -0.15) is 0 Å². The van der Waals surface area contributed by atoms with E-state index in [-0.39, 0.29) is 17.8 Å². The van der Waals surface area contributed by atoms with Crippen LogP contribution in [-0.4, -0.2) is 25.7 Å². The van der Waals surface area contributed by atoms with Crippen LogP contribution in [0.4, 0.5) is 15.8 Å². The molecular formula is C24H25ClFN3O. The Balaban J connectivity index is 0.000000335. The van der Waals surface area contributed by atoms with Gasteiger partial charge in [-0.1, -0.05) is 54.1 Å². The van der Waals surface area contributed by atoms with Crippen LogP contribution in [0, 0.1) is 18.2 Å². The van der Waals surface area contributed by atoms with E-state index in [0.29, 0.717) is 5.56 Å². The van der Waals surface area contributed by atoms with Gasteiger partial charge in [-0.25, -0.2) is 4.39 Å². The van der Waals surface area contributed by atoms with Crippen LogP contribution in [0.15, 0.2) is 72.8 Å². The van der Waals surface area contributed by atoms with E-state index in [9.17, 15) is 9.18 Å². The van der Waals surface area contributed by atoms with E-state index in [1.54, 1.807) is 18.2 Å². The van der Waals surface area contributed by atoms with Gasteiger partial charge in [0.15, 0.2) is 0 Å². The SMILES string of the molecule is CN(C)c1ccccc1C(=N)CC(=O)Nc1ccccc1F.Cc1cccc(Cl)c1. The van der Waals surface area contributed by atoms with Gasteiger partial charge in [0.25, 0.3) is 0 Å². The second-order valence-corrected chi connectivity index (χ2v) is 7.33. The van der Waals surface area contributed by atoms with Crippen LogP contribution in [0.1, 0.15) is 17.5 Å². The fraction of sp³-hybridized carbons (Fsp3) is 0.167. The Labute approximate surface area is 181 Å². The van der Waals surface area contributed by atoms with E-state index >= 15 is 0 Å². The molecule has 0 saturated carbocycles. The number of anilines is 2. The number of nitrogens with one attached hydrogen (secondary N) is 2. The molecule has 0 radical (unpaired) electrons. The molecule has 3 rings (SSSR count). The quantitative estimate of drug-likeness (QED) is 0.497. The number of aryl methyl sites for hydroxylation is 1. The average molecular weight is 426 g/mol. The van der Waals surface area contributed by atoms with Gasteiger partial charge in [0.05, 0.1) is 12.1 Å². The Morgan fingerprint density at radius 3 is 2.30 bits per heavy atom. The smallest absolute Gasteiger partial charge is 0.230 e. The van der Waals surface area contributed by atoms with Crippen LogP contribution in [0.5, 0.6) is 0 Å². The number of hydrogen-bond donors (Lipinski definition) is 2. The molecule has 0 aromatic heterocycles. The number of nitrogens with zero attached hydrogens (tertiary/aromatic N) is 1. The number of benzene rings is 3. The molecule has 0 atom stereocenters. The Kier molecular flexibility index (Phi) is 8.56. The zero-order chi connectivity index (χ0) is 22.1. The molecule has 30 heavy (non-hydrogen) atoms. The van der Waals surface area contributed by atoms with Gasteiger partial charge in [0, 0.05) is 36.1 Å². The summed E-state index contributed by atoms with van der Waals surface area (Å²) in [5.74, 6) is -0.903. The first-order chi connectivity index (χ1) is 14.3. The fourth-order valence-electron chi connectivity index (χ4n) is 2.74. The van der Waals surface area contributed by atoms with Gasteiger partial charge in [0.2, 0.25) is 5.91 Å². The second-order valence-electron chi connectivity index (χ2n) is 6.89. The van der Waals surface area contributed by atoms with Crippen molar-refractivity contribution in [3.63, 3.8) is 0 Å². The first-order valence-corrected chi connectivity index (χ1v) is 9.76. The minimum atomic E-state index is -0.490. The number of para-hydroxylation sites is 2. The zero-order valence-electron chi connectivity index (χ0n) is 17.2. The highest BCUT2D eigenvalue weighted by Crippen LogP contribution is 2.20. The Hall–Kier alpha value is -3.18. The topological polar surface area (TPSA) is 56.2 Å². The molecule has 0 spiro atoms. The van der Waals surface area contributed by atoms with E-state index in [1.165, 1.54) is 17.7 Å². The summed E-state index contributed by atoms with van der Waals surface area (Å²) < 4.78 is 13.5. The molecule has 3 aromatic rings. The lowest BCUT2D eigenvalue weighted by Crippen LogP contribution is -2.19. The maximum atomic E-state index is 13.5. The number of carbonyl (C=O) groups is 1. The third-order valence-electron chi connectivity index (χ3n) is 4.18. The van der Waals surface area contributed by atoms with Crippen molar-refractivity contribution >= 4 is 34.6 Å². The summed E-state index contributed by atoms with van der Waals surface area (Å²) in [5.41, 5.74) is 3.08. The molecule has 0 saturated heterocycles. The molecule has 0 aliphatic carbocycles. The standard InChI is InChI=1S/C17H18FN3O.C7H7Cl/c1-21(2)16-10-6-3-7-12(16)14(19)11-17(22)20-15-9-5-4-8-13(15)18;1-6-3-2-4-7(8)5-6/h3-10,19H,11H2,1-2H3,(H,20,22);2-5H,1H3. The number of carbonyl (C=O) groups excluding carboxylic acids is 1. The molecule has 0 aliphatic heterocycles. The highest BCUT2D eigenvalue weighted by atomic mass is 35.5. The summed E-state index contributed by atoms with van der Waals surface area (Å²) in [6.45, 7) is 2.02. The Bertz CT molecular complexity index is 1000. The van der Waals surface area contributed by atoms with Crippen LogP contribution in [-0.2, 0) is 4.79 Å². The number of hydrogen-bond acceptors (Lipinski definition) is 3. The molecule has 0 bridgehead atoms. The summed E-state index contributed by atoms with van der Waals surface area (Å²) >= 11 is 5.64. The van der Waals surface area contributed by atoms with Crippen molar-refractivity contribution in [2.24, 2.45) is 0 Å². The molecule has 4 nitrogen and oxygen atoms in total. The van der Waals surface area contributed by atoms with Gasteiger partial charge in [-0.05, 0) is 42.8 Å². The minimum Gasteiger partial charge on any atom is -0.377 e. The molecule has 156 valence electrons. The lowest BCUT2D eigenvalue weighted by atomic mass is 10.0. The van der Waals surface area contributed by atoms with Gasteiger partial charge >= 0.3 is 0 Å². The molecule has 3 aromatic carbocycles. The van der Waals surface area contributed by atoms with E-state index < -0.39 is 11.7 Å². The molecule has 1 amide bonds. The molecule has 0 unspecified atom stereocenters. The first-order valence-electron chi connectivity index (χ1n) is 9.38. The second kappa shape index (κ2) is 11.1. The van der Waals surface area contributed by atoms with E-state index in [4.69, 9.17) is 17.0 Å². The summed E-state index contributed by atoms with van der Waals surface area (Å²) in [7, 11) is 3.76. The number of rotatable bonds is 5. The molecule has 0 fully saturated rings. The van der Waals surface area contributed by atoms with E-state index in [1.807, 2.05) is 68.4 Å². The van der Waals surface area contributed by atoms with E-state index in [2.05, 4.69) is 5.32 Å². The van der Waals surface area contributed by atoms with Crippen LogP contribution >= 0.6 is 11.6 Å². The van der Waals surface area contributed by atoms with Gasteiger partial charge in [-0.15, -0.1) is 0 Å². The lowest BCUT2D eigenvalue weighted by Gasteiger charge is -2.17. The van der Waals surface area contributed by atoms with Crippen molar-refractivity contribution < 1.29 is 9.18 Å². The van der Waals surface area contributed by atoms with Crippen molar-refractivity contribution in [1.29, 1.82) is 5.41 Å². The molecule has 0 heterocycles. The van der Waals surface area contributed by atoms with Crippen LogP contribution in [0.2, 0.25) is 5.02 Å². The number of halogens is 2. The van der Waals surface area contributed by atoms with Crippen molar-refractivity contribution in [1.82, 2.24) is 0 Å². The Morgan fingerprint density at radius 1 is 1.03 bits per heavy atom. The monoisotopic (exact) mass is 425 g/mol. The normalized spacial score (nSPS) is 9.90. The summed E-state index contributed by atoms with van der Waals surface area (Å²) in [4.78, 5) is 13.9.